The zero-order valence-electron chi connectivity index (χ0n) is 29.0. The highest BCUT2D eigenvalue weighted by molar-refractivity contribution is 5.47. The number of aryl methyl sites for hydroxylation is 5. The molecule has 0 aliphatic carbocycles. The maximum absolute atomic E-state index is 2.34. The van der Waals surface area contributed by atoms with Crippen molar-refractivity contribution in [2.45, 2.75) is 142 Å². The monoisotopic (exact) mass is 528 g/mol. The van der Waals surface area contributed by atoms with Gasteiger partial charge in [-0.1, -0.05) is 59.7 Å². The van der Waals surface area contributed by atoms with Crippen LogP contribution in [-0.2, 0) is 0 Å². The Bertz CT molecular complexity index is 1250. The van der Waals surface area contributed by atoms with Crippen LogP contribution in [0.1, 0.15) is 143 Å². The van der Waals surface area contributed by atoms with E-state index < -0.39 is 0 Å². The summed E-state index contributed by atoms with van der Waals surface area (Å²) in [6.45, 7) is 40.2. The van der Waals surface area contributed by atoms with Crippen molar-refractivity contribution in [2.75, 3.05) is 0 Å². The first-order valence-electron chi connectivity index (χ1n) is 15.1. The quantitative estimate of drug-likeness (QED) is 0.317. The standard InChI is InChI=1S/3C13H20/c1-8(2)13-7-9(3)10(4)11(5)12(13)6;1-8(2)13-10(4)7-9(3)11(5)12(13)6;1-8(2)13-11(5)9(3)7-10(4)12(13)6/h3*7-8H,1-6H3. The van der Waals surface area contributed by atoms with Crippen LogP contribution in [0.2, 0.25) is 0 Å². The van der Waals surface area contributed by atoms with E-state index in [1.807, 2.05) is 0 Å². The summed E-state index contributed by atoms with van der Waals surface area (Å²) in [4.78, 5) is 0. The van der Waals surface area contributed by atoms with Crippen molar-refractivity contribution in [1.82, 2.24) is 0 Å². The van der Waals surface area contributed by atoms with Gasteiger partial charge >= 0.3 is 0 Å². The van der Waals surface area contributed by atoms with Gasteiger partial charge in [-0.2, -0.15) is 0 Å². The van der Waals surface area contributed by atoms with E-state index in [9.17, 15) is 0 Å². The summed E-state index contributed by atoms with van der Waals surface area (Å²) in [5, 5.41) is 0. The average Bonchev–Trinajstić information content (AvgIpc) is 2.82. The van der Waals surface area contributed by atoms with Crippen LogP contribution in [-0.4, -0.2) is 0 Å². The normalized spacial score (nSPS) is 11.0. The van der Waals surface area contributed by atoms with E-state index in [1.165, 1.54) is 83.5 Å². The van der Waals surface area contributed by atoms with Crippen molar-refractivity contribution in [2.24, 2.45) is 0 Å². The zero-order valence-corrected chi connectivity index (χ0v) is 29.0. The van der Waals surface area contributed by atoms with Crippen LogP contribution in [0.5, 0.6) is 0 Å². The van der Waals surface area contributed by atoms with Crippen LogP contribution < -0.4 is 0 Å². The molecule has 0 unspecified atom stereocenters. The number of hydrogen-bond donors (Lipinski definition) is 0. The van der Waals surface area contributed by atoms with E-state index in [4.69, 9.17) is 0 Å². The third-order valence-electron chi connectivity index (χ3n) is 9.14. The summed E-state index contributed by atoms with van der Waals surface area (Å²) >= 11 is 0. The molecule has 0 aromatic heterocycles. The van der Waals surface area contributed by atoms with E-state index in [1.54, 1.807) is 0 Å². The molecular formula is C39H60. The van der Waals surface area contributed by atoms with Gasteiger partial charge in [0.25, 0.3) is 0 Å². The second-order valence-corrected chi connectivity index (χ2v) is 13.0. The van der Waals surface area contributed by atoms with E-state index >= 15 is 0 Å². The molecule has 0 nitrogen and oxygen atoms in total. The van der Waals surface area contributed by atoms with Gasteiger partial charge in [-0.25, -0.2) is 0 Å². The van der Waals surface area contributed by atoms with Crippen LogP contribution in [0.15, 0.2) is 18.2 Å². The SMILES string of the molecule is Cc1cc(C(C)C)c(C)c(C)c1C.Cc1cc(C)c(C(C)C)c(C)c1C.Cc1cc(C)c(C)c(C(C)C)c1C. The predicted molar refractivity (Wildman–Crippen MR) is 178 cm³/mol. The largest absolute Gasteiger partial charge is 0.0587 e. The Balaban J connectivity index is 0.000000292. The summed E-state index contributed by atoms with van der Waals surface area (Å²) in [5.74, 6) is 1.91. The Labute approximate surface area is 243 Å². The summed E-state index contributed by atoms with van der Waals surface area (Å²) in [6.07, 6.45) is 0. The molecule has 0 saturated heterocycles. The van der Waals surface area contributed by atoms with Gasteiger partial charge in [0, 0.05) is 0 Å². The molecule has 0 atom stereocenters. The molecule has 0 radical (unpaired) electrons. The van der Waals surface area contributed by atoms with Gasteiger partial charge in [-0.05, 0) is 184 Å². The second kappa shape index (κ2) is 14.3. The van der Waals surface area contributed by atoms with Crippen LogP contribution in [0.3, 0.4) is 0 Å². The minimum atomic E-state index is 0.637. The predicted octanol–water partition coefficient (Wildman–Crippen LogP) is 12.1. The Kier molecular flexibility index (Phi) is 12.8. The third-order valence-corrected chi connectivity index (χ3v) is 9.14. The fourth-order valence-electron chi connectivity index (χ4n) is 6.15. The first-order valence-corrected chi connectivity index (χ1v) is 15.1. The highest BCUT2D eigenvalue weighted by atomic mass is 14.2. The third kappa shape index (κ3) is 8.33. The minimum absolute atomic E-state index is 0.637. The molecular weight excluding hydrogens is 468 g/mol. The smallest absolute Gasteiger partial charge is 0.0213 e. The maximum Gasteiger partial charge on any atom is -0.0213 e. The van der Waals surface area contributed by atoms with Gasteiger partial charge in [-0.15, -0.1) is 0 Å². The van der Waals surface area contributed by atoms with Crippen LogP contribution >= 0.6 is 0 Å². The topological polar surface area (TPSA) is 0 Å². The molecule has 0 heterocycles. The van der Waals surface area contributed by atoms with Crippen LogP contribution in [0, 0.1) is 83.1 Å². The molecule has 3 aromatic carbocycles. The molecule has 0 heteroatoms. The maximum atomic E-state index is 2.34. The molecule has 3 rings (SSSR count). The Morgan fingerprint density at radius 1 is 0.308 bits per heavy atom. The van der Waals surface area contributed by atoms with E-state index in [2.05, 4.69) is 143 Å². The summed E-state index contributed by atoms with van der Waals surface area (Å²) in [5.41, 5.74) is 21.9. The number of hydrogen-bond acceptors (Lipinski definition) is 0. The Hall–Kier alpha value is -2.34. The van der Waals surface area contributed by atoms with E-state index in [-0.39, 0.29) is 0 Å². The van der Waals surface area contributed by atoms with Gasteiger partial charge in [0.15, 0.2) is 0 Å². The lowest BCUT2D eigenvalue weighted by molar-refractivity contribution is 0.840. The number of benzene rings is 3. The highest BCUT2D eigenvalue weighted by Gasteiger charge is 2.12. The average molecular weight is 529 g/mol. The second-order valence-electron chi connectivity index (χ2n) is 13.0. The lowest BCUT2D eigenvalue weighted by atomic mass is 9.88. The molecule has 0 spiro atoms. The van der Waals surface area contributed by atoms with Crippen LogP contribution in [0.4, 0.5) is 0 Å². The lowest BCUT2D eigenvalue weighted by Gasteiger charge is -2.17. The molecule has 0 N–H and O–H groups in total. The van der Waals surface area contributed by atoms with Gasteiger partial charge in [0.1, 0.15) is 0 Å². The summed E-state index contributed by atoms with van der Waals surface area (Å²) in [6, 6.07) is 6.93. The Morgan fingerprint density at radius 3 is 1.08 bits per heavy atom. The fourth-order valence-corrected chi connectivity index (χ4v) is 6.15. The van der Waals surface area contributed by atoms with Crippen molar-refractivity contribution >= 4 is 0 Å². The fraction of sp³-hybridized carbons (Fsp3) is 0.538. The van der Waals surface area contributed by atoms with Gasteiger partial charge < -0.3 is 0 Å². The van der Waals surface area contributed by atoms with Crippen molar-refractivity contribution < 1.29 is 0 Å². The first-order chi connectivity index (χ1) is 17.8. The molecule has 0 amide bonds. The zero-order chi connectivity index (χ0) is 30.5. The van der Waals surface area contributed by atoms with Gasteiger partial charge in [0.05, 0.1) is 0 Å². The first kappa shape index (κ1) is 34.7. The minimum Gasteiger partial charge on any atom is -0.0587 e. The Morgan fingerprint density at radius 2 is 0.667 bits per heavy atom. The number of rotatable bonds is 3. The summed E-state index contributed by atoms with van der Waals surface area (Å²) in [7, 11) is 0. The molecule has 0 aliphatic rings. The highest BCUT2D eigenvalue weighted by Crippen LogP contribution is 2.29. The van der Waals surface area contributed by atoms with Crippen molar-refractivity contribution in [3.63, 3.8) is 0 Å². The van der Waals surface area contributed by atoms with E-state index in [0.29, 0.717) is 17.8 Å². The molecule has 0 saturated carbocycles. The molecule has 216 valence electrons. The van der Waals surface area contributed by atoms with Gasteiger partial charge in [-0.3, -0.25) is 0 Å². The lowest BCUT2D eigenvalue weighted by Crippen LogP contribution is -2.00. The van der Waals surface area contributed by atoms with E-state index in [0.717, 1.165) is 0 Å². The van der Waals surface area contributed by atoms with Gasteiger partial charge in [0.2, 0.25) is 0 Å². The molecule has 39 heavy (non-hydrogen) atoms. The van der Waals surface area contributed by atoms with Crippen molar-refractivity contribution in [1.29, 1.82) is 0 Å². The van der Waals surface area contributed by atoms with Crippen LogP contribution in [0.25, 0.3) is 0 Å². The molecule has 0 bridgehead atoms. The molecule has 0 aliphatic heterocycles. The molecule has 0 fully saturated rings. The van der Waals surface area contributed by atoms with Crippen molar-refractivity contribution in [3.05, 3.63) is 102 Å². The van der Waals surface area contributed by atoms with Crippen molar-refractivity contribution in [3.8, 4) is 0 Å². The molecule has 3 aromatic rings. The summed E-state index contributed by atoms with van der Waals surface area (Å²) < 4.78 is 0.